The first kappa shape index (κ1) is 28.4. The SMILES string of the molecule is C=CCN(C(=O)[C@H](N[C@@H](C)C=O)C(=O)OCC1c2ccccc2-c2ccccc21)[C@H](N[C@@H](C)C=O)C(=O)O. The van der Waals surface area contributed by atoms with Crippen molar-refractivity contribution in [1.29, 1.82) is 0 Å². The van der Waals surface area contributed by atoms with Crippen molar-refractivity contribution in [1.82, 2.24) is 15.5 Å². The van der Waals surface area contributed by atoms with Gasteiger partial charge in [-0.2, -0.15) is 0 Å². The van der Waals surface area contributed by atoms with Gasteiger partial charge < -0.3 is 24.3 Å². The number of carbonyl (C=O) groups is 5. The van der Waals surface area contributed by atoms with E-state index < -0.39 is 42.1 Å². The molecule has 1 amide bonds. The van der Waals surface area contributed by atoms with E-state index in [-0.39, 0.29) is 19.1 Å². The lowest BCUT2D eigenvalue weighted by molar-refractivity contribution is -0.159. The van der Waals surface area contributed by atoms with Gasteiger partial charge in [-0.3, -0.25) is 15.4 Å². The third-order valence-electron chi connectivity index (χ3n) is 6.25. The summed E-state index contributed by atoms with van der Waals surface area (Å²) in [5.74, 6) is -3.62. The molecule has 10 nitrogen and oxygen atoms in total. The van der Waals surface area contributed by atoms with Gasteiger partial charge in [0, 0.05) is 12.5 Å². The van der Waals surface area contributed by atoms with Crippen LogP contribution < -0.4 is 10.6 Å². The first-order chi connectivity index (χ1) is 18.2. The summed E-state index contributed by atoms with van der Waals surface area (Å²) in [6, 6.07) is 12.0. The minimum absolute atomic E-state index is 0.0714. The molecule has 3 rings (SSSR count). The highest BCUT2D eigenvalue weighted by Crippen LogP contribution is 2.44. The molecule has 0 heterocycles. The van der Waals surface area contributed by atoms with Gasteiger partial charge >= 0.3 is 11.9 Å². The van der Waals surface area contributed by atoms with Crippen LogP contribution in [-0.4, -0.2) is 77.9 Å². The highest BCUT2D eigenvalue weighted by atomic mass is 16.5. The van der Waals surface area contributed by atoms with E-state index in [0.29, 0.717) is 12.6 Å². The number of hydrogen-bond donors (Lipinski definition) is 3. The van der Waals surface area contributed by atoms with Gasteiger partial charge in [0.2, 0.25) is 0 Å². The maximum absolute atomic E-state index is 13.5. The second-order valence-electron chi connectivity index (χ2n) is 8.99. The zero-order valence-corrected chi connectivity index (χ0v) is 21.2. The summed E-state index contributed by atoms with van der Waals surface area (Å²) in [5.41, 5.74) is 4.01. The molecular formula is C28H31N3O7. The minimum atomic E-state index is -1.68. The number of benzene rings is 2. The van der Waals surface area contributed by atoms with Crippen LogP contribution in [0.2, 0.25) is 0 Å². The van der Waals surface area contributed by atoms with Gasteiger partial charge in [-0.15, -0.1) is 6.58 Å². The number of carbonyl (C=O) groups excluding carboxylic acids is 4. The molecule has 2 aromatic carbocycles. The van der Waals surface area contributed by atoms with Gasteiger partial charge in [0.25, 0.3) is 5.91 Å². The monoisotopic (exact) mass is 521 g/mol. The maximum atomic E-state index is 13.5. The lowest BCUT2D eigenvalue weighted by atomic mass is 9.98. The number of amides is 1. The Morgan fingerprint density at radius 3 is 2.00 bits per heavy atom. The fraction of sp³-hybridized carbons (Fsp3) is 0.321. The number of nitrogens with zero attached hydrogens (tertiary/aromatic N) is 1. The molecule has 3 N–H and O–H groups in total. The molecule has 0 radical (unpaired) electrons. The quantitative estimate of drug-likeness (QED) is 0.111. The van der Waals surface area contributed by atoms with Gasteiger partial charge in [0.05, 0.1) is 12.1 Å². The predicted octanol–water partition coefficient (Wildman–Crippen LogP) is 1.49. The standard InChI is InChI=1S/C28H31N3O7/c1-4-13-31(25(27(35)36)30-18(3)15-33)26(34)24(29-17(2)14-32)28(37)38-16-23-21-11-7-5-9-19(21)20-10-6-8-12-22(20)23/h4-12,14-15,17-18,23-25,29-30H,1,13,16H2,2-3H3,(H,35,36)/t17-,18-,24-,25-/m0/s1. The molecule has 0 saturated carbocycles. The van der Waals surface area contributed by atoms with Crippen molar-refractivity contribution >= 4 is 30.4 Å². The fourth-order valence-corrected chi connectivity index (χ4v) is 4.44. The van der Waals surface area contributed by atoms with Crippen molar-refractivity contribution in [3.8, 4) is 11.1 Å². The zero-order valence-electron chi connectivity index (χ0n) is 21.2. The number of carboxylic acids is 1. The molecule has 0 unspecified atom stereocenters. The topological polar surface area (TPSA) is 142 Å². The second-order valence-corrected chi connectivity index (χ2v) is 8.99. The Kier molecular flexibility index (Phi) is 9.64. The van der Waals surface area contributed by atoms with Crippen LogP contribution in [0.4, 0.5) is 0 Å². The van der Waals surface area contributed by atoms with Crippen LogP contribution in [0, 0.1) is 0 Å². The molecule has 1 aliphatic rings. The fourth-order valence-electron chi connectivity index (χ4n) is 4.44. The Balaban J connectivity index is 1.87. The summed E-state index contributed by atoms with van der Waals surface area (Å²) in [7, 11) is 0. The highest BCUT2D eigenvalue weighted by molar-refractivity contribution is 6.03. The van der Waals surface area contributed by atoms with Crippen LogP contribution in [0.5, 0.6) is 0 Å². The first-order valence-electron chi connectivity index (χ1n) is 12.1. The summed E-state index contributed by atoms with van der Waals surface area (Å²) < 4.78 is 5.62. The van der Waals surface area contributed by atoms with E-state index in [4.69, 9.17) is 4.74 Å². The molecule has 200 valence electrons. The smallest absolute Gasteiger partial charge is 0.341 e. The molecule has 10 heteroatoms. The summed E-state index contributed by atoms with van der Waals surface area (Å²) in [5, 5.41) is 14.9. The van der Waals surface area contributed by atoms with Crippen LogP contribution in [0.25, 0.3) is 11.1 Å². The van der Waals surface area contributed by atoms with Gasteiger partial charge in [-0.1, -0.05) is 54.6 Å². The molecule has 38 heavy (non-hydrogen) atoms. The summed E-state index contributed by atoms with van der Waals surface area (Å²) in [6.07, 6.45) is 0.648. The van der Waals surface area contributed by atoms with Gasteiger partial charge in [0.1, 0.15) is 19.2 Å². The van der Waals surface area contributed by atoms with Crippen molar-refractivity contribution in [2.75, 3.05) is 13.2 Å². The summed E-state index contributed by atoms with van der Waals surface area (Å²) in [6.45, 7) is 6.11. The molecule has 0 spiro atoms. The van der Waals surface area contributed by atoms with E-state index in [9.17, 15) is 29.1 Å². The van der Waals surface area contributed by atoms with Crippen LogP contribution in [0.15, 0.2) is 61.2 Å². The lowest BCUT2D eigenvalue weighted by Gasteiger charge is -2.32. The number of esters is 1. The average Bonchev–Trinajstić information content (AvgIpc) is 3.25. The number of fused-ring (bicyclic) bond motifs is 3. The highest BCUT2D eigenvalue weighted by Gasteiger charge is 2.39. The number of nitrogens with one attached hydrogen (secondary N) is 2. The molecule has 0 aliphatic heterocycles. The molecule has 0 saturated heterocycles. The van der Waals surface area contributed by atoms with Gasteiger partial charge in [-0.05, 0) is 36.1 Å². The Morgan fingerprint density at radius 1 is 0.974 bits per heavy atom. The van der Waals surface area contributed by atoms with E-state index in [2.05, 4.69) is 17.2 Å². The molecule has 0 bridgehead atoms. The Labute approximate surface area is 220 Å². The van der Waals surface area contributed by atoms with Gasteiger partial charge in [0.15, 0.2) is 12.2 Å². The lowest BCUT2D eigenvalue weighted by Crippen LogP contribution is -2.62. The predicted molar refractivity (Wildman–Crippen MR) is 139 cm³/mol. The molecule has 0 fully saturated rings. The molecule has 4 atom stereocenters. The normalized spacial score (nSPS) is 15.2. The summed E-state index contributed by atoms with van der Waals surface area (Å²) in [4.78, 5) is 62.1. The van der Waals surface area contributed by atoms with E-state index in [0.717, 1.165) is 27.2 Å². The number of carboxylic acid groups (broad SMARTS) is 1. The van der Waals surface area contributed by atoms with Gasteiger partial charge in [-0.25, -0.2) is 9.59 Å². The van der Waals surface area contributed by atoms with Crippen molar-refractivity contribution in [2.24, 2.45) is 0 Å². The zero-order chi connectivity index (χ0) is 27.8. The molecule has 0 aromatic heterocycles. The maximum Gasteiger partial charge on any atom is 0.341 e. The van der Waals surface area contributed by atoms with E-state index in [1.165, 1.54) is 19.9 Å². The number of rotatable bonds is 14. The molecule has 1 aliphatic carbocycles. The number of aldehydes is 2. The Bertz CT molecular complexity index is 1170. The van der Waals surface area contributed by atoms with E-state index in [1.54, 1.807) is 0 Å². The first-order valence-corrected chi connectivity index (χ1v) is 12.1. The van der Waals surface area contributed by atoms with Crippen LogP contribution in [-0.2, 0) is 28.7 Å². The van der Waals surface area contributed by atoms with Crippen LogP contribution >= 0.6 is 0 Å². The Morgan fingerprint density at radius 2 is 1.50 bits per heavy atom. The van der Waals surface area contributed by atoms with Crippen molar-refractivity contribution in [2.45, 2.75) is 44.1 Å². The van der Waals surface area contributed by atoms with E-state index in [1.807, 2.05) is 48.5 Å². The average molecular weight is 522 g/mol. The molecule has 2 aromatic rings. The Hall–Kier alpha value is -4.15. The third-order valence-corrected chi connectivity index (χ3v) is 6.25. The third kappa shape index (κ3) is 6.21. The summed E-state index contributed by atoms with van der Waals surface area (Å²) >= 11 is 0. The second kappa shape index (κ2) is 12.9. The van der Waals surface area contributed by atoms with Crippen LogP contribution in [0.3, 0.4) is 0 Å². The number of aliphatic carboxylic acids is 1. The minimum Gasteiger partial charge on any atom is -0.479 e. The molecular weight excluding hydrogens is 490 g/mol. The van der Waals surface area contributed by atoms with E-state index >= 15 is 0 Å². The number of ether oxygens (including phenoxy) is 1. The van der Waals surface area contributed by atoms with Crippen LogP contribution in [0.1, 0.15) is 30.9 Å². The van der Waals surface area contributed by atoms with Crippen molar-refractivity contribution < 1.29 is 33.8 Å². The number of hydrogen-bond acceptors (Lipinski definition) is 8. The largest absolute Gasteiger partial charge is 0.479 e. The van der Waals surface area contributed by atoms with Crippen molar-refractivity contribution in [3.05, 3.63) is 72.3 Å². The van der Waals surface area contributed by atoms with Crippen molar-refractivity contribution in [3.63, 3.8) is 0 Å².